The van der Waals surface area contributed by atoms with Crippen LogP contribution in [-0.2, 0) is 15.4 Å². The highest BCUT2D eigenvalue weighted by atomic mass is 31.2. The van der Waals surface area contributed by atoms with Crippen molar-refractivity contribution in [2.24, 2.45) is 0 Å². The summed E-state index contributed by atoms with van der Waals surface area (Å²) in [7, 11) is -5.04. The molecule has 0 aliphatic rings. The first-order valence-corrected chi connectivity index (χ1v) is 7.63. The maximum atomic E-state index is 10.8. The maximum Gasteiger partial charge on any atom is 0.128 e. The molecule has 0 aromatic heterocycles. The van der Waals surface area contributed by atoms with Gasteiger partial charge in [0, 0.05) is 5.56 Å². The summed E-state index contributed by atoms with van der Waals surface area (Å²) in [6.07, 6.45) is 0. The summed E-state index contributed by atoms with van der Waals surface area (Å²) in [5.41, 5.74) is 1.41. The van der Waals surface area contributed by atoms with Gasteiger partial charge in [0.25, 0.3) is 0 Å². The van der Waals surface area contributed by atoms with E-state index >= 15 is 0 Å². The second kappa shape index (κ2) is 4.93. The van der Waals surface area contributed by atoms with E-state index < -0.39 is 7.82 Å². The van der Waals surface area contributed by atoms with Gasteiger partial charge < -0.3 is 18.9 Å². The van der Waals surface area contributed by atoms with Crippen LogP contribution in [0.1, 0.15) is 52.7 Å². The van der Waals surface area contributed by atoms with E-state index in [0.29, 0.717) is 5.56 Å². The summed E-state index contributed by atoms with van der Waals surface area (Å²) in [5, 5.41) is 0. The summed E-state index contributed by atoms with van der Waals surface area (Å²) in [6.45, 7) is 12.1. The summed E-state index contributed by atoms with van der Waals surface area (Å²) in [6, 6.07) is 5.26. The lowest BCUT2D eigenvalue weighted by atomic mass is 9.80. The monoisotopic (exact) mass is 284 g/mol. The van der Waals surface area contributed by atoms with Crippen molar-refractivity contribution >= 4 is 7.82 Å². The van der Waals surface area contributed by atoms with Crippen molar-refractivity contribution in [2.45, 2.75) is 52.4 Å². The van der Waals surface area contributed by atoms with Crippen molar-refractivity contribution in [1.29, 1.82) is 0 Å². The van der Waals surface area contributed by atoms with Gasteiger partial charge in [0.05, 0.1) is 0 Å². The number of phosphoric ester groups is 1. The Bertz CT molecular complexity index is 503. The Kier molecular flexibility index (Phi) is 4.21. The molecule has 0 unspecified atom stereocenters. The molecule has 0 saturated carbocycles. The number of benzene rings is 1. The van der Waals surface area contributed by atoms with Crippen molar-refractivity contribution in [3.8, 4) is 5.75 Å². The van der Waals surface area contributed by atoms with E-state index in [-0.39, 0.29) is 16.6 Å². The molecule has 0 saturated heterocycles. The molecule has 0 spiro atoms. The van der Waals surface area contributed by atoms with Gasteiger partial charge in [-0.25, -0.2) is 0 Å². The van der Waals surface area contributed by atoms with Crippen LogP contribution in [0.4, 0.5) is 0 Å². The fraction of sp³-hybridized carbons (Fsp3) is 0.571. The largest absolute Gasteiger partial charge is 0.780 e. The zero-order valence-electron chi connectivity index (χ0n) is 12.3. The quantitative estimate of drug-likeness (QED) is 0.782. The normalized spacial score (nSPS) is 13.5. The van der Waals surface area contributed by atoms with Crippen LogP contribution in [0.25, 0.3) is 0 Å². The summed E-state index contributed by atoms with van der Waals surface area (Å²) in [5.74, 6) is 0.119. The first-order valence-electron chi connectivity index (χ1n) is 6.17. The zero-order valence-corrected chi connectivity index (χ0v) is 13.2. The topological polar surface area (TPSA) is 72.4 Å². The van der Waals surface area contributed by atoms with Crippen molar-refractivity contribution in [3.05, 3.63) is 29.3 Å². The SMILES string of the molecule is CC(C)(C)c1ccc(OP(=O)([O-])[O-])c(C(C)(C)C)c1. The fourth-order valence-corrected chi connectivity index (χ4v) is 2.18. The lowest BCUT2D eigenvalue weighted by Crippen LogP contribution is -2.22. The lowest BCUT2D eigenvalue weighted by Gasteiger charge is -2.33. The van der Waals surface area contributed by atoms with E-state index in [1.165, 1.54) is 0 Å². The van der Waals surface area contributed by atoms with Gasteiger partial charge in [0.15, 0.2) is 0 Å². The molecule has 0 N–H and O–H groups in total. The predicted molar refractivity (Wildman–Crippen MR) is 72.1 cm³/mol. The molecule has 4 nitrogen and oxygen atoms in total. The second-order valence-corrected chi connectivity index (χ2v) is 7.83. The molecule has 0 heterocycles. The van der Waals surface area contributed by atoms with E-state index in [4.69, 9.17) is 0 Å². The molecule has 1 rings (SSSR count). The third-order valence-electron chi connectivity index (χ3n) is 2.86. The van der Waals surface area contributed by atoms with Gasteiger partial charge in [-0.3, -0.25) is 0 Å². The zero-order chi connectivity index (χ0) is 15.1. The first kappa shape index (κ1) is 16.2. The molecule has 108 valence electrons. The van der Waals surface area contributed by atoms with E-state index in [9.17, 15) is 14.4 Å². The third kappa shape index (κ3) is 4.64. The molecular formula is C14H21O4P-2. The van der Waals surface area contributed by atoms with E-state index in [2.05, 4.69) is 25.3 Å². The van der Waals surface area contributed by atoms with E-state index in [1.807, 2.05) is 26.8 Å². The minimum Gasteiger partial charge on any atom is -0.780 e. The molecule has 0 radical (unpaired) electrons. The van der Waals surface area contributed by atoms with Crippen LogP contribution in [0.3, 0.4) is 0 Å². The fourth-order valence-electron chi connectivity index (χ4n) is 1.78. The van der Waals surface area contributed by atoms with Gasteiger partial charge in [-0.1, -0.05) is 53.7 Å². The number of hydrogen-bond acceptors (Lipinski definition) is 4. The van der Waals surface area contributed by atoms with Gasteiger partial charge in [-0.05, 0) is 22.5 Å². The molecule has 0 atom stereocenters. The molecule has 0 aliphatic carbocycles. The van der Waals surface area contributed by atoms with Crippen LogP contribution in [0.5, 0.6) is 5.75 Å². The maximum absolute atomic E-state index is 10.8. The van der Waals surface area contributed by atoms with E-state index in [0.717, 1.165) is 5.56 Å². The van der Waals surface area contributed by atoms with Crippen LogP contribution >= 0.6 is 7.82 Å². The number of rotatable bonds is 2. The van der Waals surface area contributed by atoms with Gasteiger partial charge in [-0.2, -0.15) is 0 Å². The van der Waals surface area contributed by atoms with Crippen molar-refractivity contribution < 1.29 is 18.9 Å². The minimum absolute atomic E-state index is 0.0584. The van der Waals surface area contributed by atoms with Gasteiger partial charge in [0.1, 0.15) is 13.6 Å². The van der Waals surface area contributed by atoms with E-state index in [1.54, 1.807) is 12.1 Å². The Morgan fingerprint density at radius 1 is 1.00 bits per heavy atom. The first-order chi connectivity index (χ1) is 8.31. The molecule has 0 amide bonds. The number of hydrogen-bond donors (Lipinski definition) is 0. The smallest absolute Gasteiger partial charge is 0.128 e. The molecular weight excluding hydrogens is 263 g/mol. The predicted octanol–water partition coefficient (Wildman–Crippen LogP) is 2.49. The molecule has 0 fully saturated rings. The van der Waals surface area contributed by atoms with Crippen LogP contribution < -0.4 is 14.3 Å². The van der Waals surface area contributed by atoms with Crippen molar-refractivity contribution in [1.82, 2.24) is 0 Å². The Labute approximate surface area is 115 Å². The molecule has 1 aromatic carbocycles. The minimum atomic E-state index is -5.04. The summed E-state index contributed by atoms with van der Waals surface area (Å²) < 4.78 is 15.4. The van der Waals surface area contributed by atoms with Crippen LogP contribution in [0, 0.1) is 0 Å². The number of phosphoric acid groups is 1. The summed E-state index contributed by atoms with van der Waals surface area (Å²) >= 11 is 0. The van der Waals surface area contributed by atoms with Crippen molar-refractivity contribution in [2.75, 3.05) is 0 Å². The Morgan fingerprint density at radius 2 is 1.53 bits per heavy atom. The third-order valence-corrected chi connectivity index (χ3v) is 3.28. The van der Waals surface area contributed by atoms with Crippen molar-refractivity contribution in [3.63, 3.8) is 0 Å². The Balaban J connectivity index is 3.38. The molecule has 1 aromatic rings. The highest BCUT2D eigenvalue weighted by Gasteiger charge is 2.23. The highest BCUT2D eigenvalue weighted by Crippen LogP contribution is 2.39. The second-order valence-electron chi connectivity index (χ2n) is 6.75. The standard InChI is InChI=1S/C14H23O4P/c1-13(2,3)10-7-8-12(18-19(15,16)17)11(9-10)14(4,5)6/h7-9H,1-6H3,(H2,15,16,17)/p-2. The summed E-state index contributed by atoms with van der Waals surface area (Å²) in [4.78, 5) is 21.6. The van der Waals surface area contributed by atoms with Gasteiger partial charge in [0.2, 0.25) is 0 Å². The molecule has 0 bridgehead atoms. The Hall–Kier alpha value is -0.830. The molecule has 0 aliphatic heterocycles. The average molecular weight is 284 g/mol. The van der Waals surface area contributed by atoms with Gasteiger partial charge in [-0.15, -0.1) is 0 Å². The lowest BCUT2D eigenvalue weighted by molar-refractivity contribution is -0.333. The highest BCUT2D eigenvalue weighted by molar-refractivity contribution is 7.43. The van der Waals surface area contributed by atoms with Gasteiger partial charge >= 0.3 is 0 Å². The Morgan fingerprint density at radius 3 is 1.89 bits per heavy atom. The molecule has 5 heteroatoms. The van der Waals surface area contributed by atoms with Crippen LogP contribution in [0.2, 0.25) is 0 Å². The average Bonchev–Trinajstić information content (AvgIpc) is 2.11. The van der Waals surface area contributed by atoms with Crippen LogP contribution in [-0.4, -0.2) is 0 Å². The molecule has 19 heavy (non-hydrogen) atoms. The van der Waals surface area contributed by atoms with Crippen LogP contribution in [0.15, 0.2) is 18.2 Å².